The Kier molecular flexibility index (Phi) is 7.32. The summed E-state index contributed by atoms with van der Waals surface area (Å²) in [6, 6.07) is 0. The van der Waals surface area contributed by atoms with Crippen LogP contribution >= 0.6 is 60.1 Å². The van der Waals surface area contributed by atoms with Crippen molar-refractivity contribution in [3.05, 3.63) is 0 Å². The Morgan fingerprint density at radius 2 is 1.50 bits per heavy atom. The minimum atomic E-state index is -3.70. The van der Waals surface area contributed by atoms with Gasteiger partial charge in [-0.25, -0.2) is 0 Å². The summed E-state index contributed by atoms with van der Waals surface area (Å²) in [6.45, 7) is 0. The van der Waals surface area contributed by atoms with Crippen molar-refractivity contribution < 1.29 is 9.53 Å². The molecule has 0 aromatic rings. The predicted octanol–water partition coefficient (Wildman–Crippen LogP) is 3.77. The SMILES string of the molecule is COC(=O)C[CH]([Ge]([Cl])([Cl])[Cl])[Ge]([Cl])([Cl])[Cl]. The van der Waals surface area contributed by atoms with E-state index in [-0.39, 0.29) is 6.42 Å². The van der Waals surface area contributed by atoms with E-state index in [1.807, 2.05) is 0 Å². The summed E-state index contributed by atoms with van der Waals surface area (Å²) in [7, 11) is 28.6. The van der Waals surface area contributed by atoms with Crippen LogP contribution in [0.2, 0.25) is 3.58 Å². The molecule has 0 aromatic carbocycles. The fourth-order valence-corrected chi connectivity index (χ4v) is 49.7. The van der Waals surface area contributed by atoms with E-state index in [0.29, 0.717) is 0 Å². The number of esters is 1. The van der Waals surface area contributed by atoms with Gasteiger partial charge in [0, 0.05) is 0 Å². The fraction of sp³-hybridized carbons (Fsp3) is 0.750. The van der Waals surface area contributed by atoms with Gasteiger partial charge in [-0.2, -0.15) is 0 Å². The molecule has 0 saturated heterocycles. The van der Waals surface area contributed by atoms with Gasteiger partial charge in [0.1, 0.15) is 0 Å². The van der Waals surface area contributed by atoms with Gasteiger partial charge in [0.05, 0.1) is 0 Å². The number of rotatable bonds is 4. The molecule has 0 aliphatic carbocycles. The number of ether oxygens (including phenoxy) is 1. The van der Waals surface area contributed by atoms with Crippen molar-refractivity contribution in [2.45, 2.75) is 10.0 Å². The summed E-state index contributed by atoms with van der Waals surface area (Å²) in [5, 5.41) is 0. The minimum absolute atomic E-state index is 0.122. The standard InChI is InChI=1S/C4H6Cl6Ge2O2/c1-14-4(13)2-3(11(5,6)7)12(8,9)10/h3H,2H2,1H3. The third-order valence-electron chi connectivity index (χ3n) is 1.39. The third kappa shape index (κ3) is 6.14. The molecule has 0 aliphatic rings. The number of methoxy groups -OCH3 is 1. The van der Waals surface area contributed by atoms with E-state index in [9.17, 15) is 4.79 Å². The van der Waals surface area contributed by atoms with Crippen LogP contribution in [0.5, 0.6) is 0 Å². The molecule has 0 atom stereocenters. The molecular weight excluding hydrogens is 438 g/mol. The Morgan fingerprint density at radius 3 is 1.71 bits per heavy atom. The summed E-state index contributed by atoms with van der Waals surface area (Å²) in [5.74, 6) is -0.524. The molecule has 2 nitrogen and oxygen atoms in total. The van der Waals surface area contributed by atoms with Crippen molar-refractivity contribution in [3.63, 3.8) is 0 Å². The van der Waals surface area contributed by atoms with Gasteiger partial charge in [-0.3, -0.25) is 0 Å². The van der Waals surface area contributed by atoms with Crippen molar-refractivity contribution in [2.24, 2.45) is 0 Å². The molecule has 0 N–H and O–H groups in total. The first-order valence-corrected chi connectivity index (χ1v) is 22.3. The average Bonchev–Trinajstić information content (AvgIpc) is 1.95. The zero-order valence-electron chi connectivity index (χ0n) is 6.87. The Hall–Kier alpha value is 2.30. The molecule has 0 heterocycles. The van der Waals surface area contributed by atoms with Crippen LogP contribution in [0.4, 0.5) is 0 Å². The van der Waals surface area contributed by atoms with Crippen molar-refractivity contribution in [1.29, 1.82) is 0 Å². The Bertz CT molecular complexity index is 197. The van der Waals surface area contributed by atoms with Gasteiger partial charge in [0.25, 0.3) is 0 Å². The van der Waals surface area contributed by atoms with E-state index < -0.39 is 30.5 Å². The maximum absolute atomic E-state index is 11.0. The van der Waals surface area contributed by atoms with E-state index in [4.69, 9.17) is 60.1 Å². The van der Waals surface area contributed by atoms with Crippen molar-refractivity contribution in [2.75, 3.05) is 7.11 Å². The number of carbonyl (C=O) groups is 1. The first-order valence-electron chi connectivity index (χ1n) is 3.29. The second kappa shape index (κ2) is 6.29. The van der Waals surface area contributed by atoms with Gasteiger partial charge >= 0.3 is 114 Å². The second-order valence-corrected chi connectivity index (χ2v) is 37.0. The Labute approximate surface area is 112 Å². The van der Waals surface area contributed by atoms with Crippen LogP contribution < -0.4 is 0 Å². The van der Waals surface area contributed by atoms with Crippen LogP contribution in [0, 0.1) is 0 Å². The molecule has 0 bridgehead atoms. The van der Waals surface area contributed by atoms with Crippen LogP contribution in [0.25, 0.3) is 0 Å². The van der Waals surface area contributed by atoms with E-state index in [0.717, 1.165) is 0 Å². The van der Waals surface area contributed by atoms with Gasteiger partial charge < -0.3 is 0 Å². The average molecular weight is 444 g/mol. The van der Waals surface area contributed by atoms with Crippen LogP contribution in [0.3, 0.4) is 0 Å². The molecule has 0 unspecified atom stereocenters. The molecule has 0 amide bonds. The third-order valence-corrected chi connectivity index (χ3v) is 35.2. The van der Waals surface area contributed by atoms with Crippen molar-refractivity contribution in [1.82, 2.24) is 0 Å². The van der Waals surface area contributed by atoms with E-state index in [1.165, 1.54) is 7.11 Å². The van der Waals surface area contributed by atoms with Gasteiger partial charge in [0.2, 0.25) is 0 Å². The Morgan fingerprint density at radius 1 is 1.14 bits per heavy atom. The summed E-state index contributed by atoms with van der Waals surface area (Å²) < 4.78 is 3.74. The first-order chi connectivity index (χ1) is 6.09. The quantitative estimate of drug-likeness (QED) is 0.488. The van der Waals surface area contributed by atoms with E-state index >= 15 is 0 Å². The molecule has 10 heteroatoms. The molecule has 84 valence electrons. The molecule has 14 heavy (non-hydrogen) atoms. The summed E-state index contributed by atoms with van der Waals surface area (Å²) in [6.07, 6.45) is -0.122. The van der Waals surface area contributed by atoms with Gasteiger partial charge in [-0.15, -0.1) is 0 Å². The fourth-order valence-electron chi connectivity index (χ4n) is 0.667. The molecule has 0 fully saturated rings. The molecule has 0 radical (unpaired) electrons. The topological polar surface area (TPSA) is 26.3 Å². The first kappa shape index (κ1) is 16.3. The van der Waals surface area contributed by atoms with Crippen molar-refractivity contribution in [3.8, 4) is 0 Å². The van der Waals surface area contributed by atoms with Gasteiger partial charge in [-0.05, 0) is 0 Å². The second-order valence-electron chi connectivity index (χ2n) is 2.42. The number of hydrogen-bond acceptors (Lipinski definition) is 2. The molecular formula is C4H6Cl6Ge2O2. The molecule has 0 spiro atoms. The molecule has 0 rings (SSSR count). The predicted molar refractivity (Wildman–Crippen MR) is 67.0 cm³/mol. The zero-order valence-corrected chi connectivity index (χ0v) is 15.6. The monoisotopic (exact) mass is 444 g/mol. The molecule has 0 aliphatic heterocycles. The van der Waals surface area contributed by atoms with Crippen LogP contribution in [0.15, 0.2) is 0 Å². The number of halogens is 6. The maximum atomic E-state index is 11.0. The number of hydrogen-bond donors (Lipinski definition) is 0. The van der Waals surface area contributed by atoms with Crippen LogP contribution in [-0.2, 0) is 9.53 Å². The van der Waals surface area contributed by atoms with Gasteiger partial charge in [-0.1, -0.05) is 0 Å². The van der Waals surface area contributed by atoms with Gasteiger partial charge in [0.15, 0.2) is 0 Å². The zero-order chi connectivity index (χ0) is 11.6. The molecule has 0 aromatic heterocycles. The normalized spacial score (nSPS) is 13.1. The van der Waals surface area contributed by atoms with Crippen molar-refractivity contribution >= 4 is 87.0 Å². The van der Waals surface area contributed by atoms with E-state index in [1.54, 1.807) is 0 Å². The van der Waals surface area contributed by atoms with E-state index in [2.05, 4.69) is 4.74 Å². The van der Waals surface area contributed by atoms with Crippen LogP contribution in [-0.4, -0.2) is 34.0 Å². The molecule has 0 saturated carbocycles. The van der Waals surface area contributed by atoms with Crippen LogP contribution in [0.1, 0.15) is 6.42 Å². The Balaban J connectivity index is 4.68. The summed E-state index contributed by atoms with van der Waals surface area (Å²) >= 11 is 0. The number of carbonyl (C=O) groups excluding carboxylic acids is 1. The summed E-state index contributed by atoms with van der Waals surface area (Å²) in [5.41, 5.74) is 0. The summed E-state index contributed by atoms with van der Waals surface area (Å²) in [4.78, 5) is 11.0.